The van der Waals surface area contributed by atoms with Crippen molar-refractivity contribution in [2.45, 2.75) is 125 Å². The Morgan fingerprint density at radius 2 is 1.14 bits per heavy atom. The molecule has 0 saturated carbocycles. The average molecular weight is 946 g/mol. The first-order chi connectivity index (χ1) is 38.5. The molecule has 1 N–H and O–H groups in total. The lowest BCUT2D eigenvalue weighted by Gasteiger charge is -2.26. The molecule has 0 saturated heterocycles. The highest BCUT2D eigenvalue weighted by molar-refractivity contribution is 5.98. The number of aromatic nitrogens is 3. The Bertz CT molecular complexity index is 3820. The number of para-hydroxylation sites is 1. The van der Waals surface area contributed by atoms with Crippen LogP contribution in [0.1, 0.15) is 151 Å². The van der Waals surface area contributed by atoms with Gasteiger partial charge >= 0.3 is 0 Å². The molecule has 2 aromatic heterocycles. The van der Waals surface area contributed by atoms with Crippen molar-refractivity contribution in [3.05, 3.63) is 191 Å². The van der Waals surface area contributed by atoms with Crippen molar-refractivity contribution >= 4 is 11.0 Å². The minimum atomic E-state index is -3.40. The van der Waals surface area contributed by atoms with Gasteiger partial charge in [0.1, 0.15) is 11.6 Å². The molecule has 0 amide bonds. The maximum atomic E-state index is 12.4. The molecule has 0 atom stereocenters. The zero-order chi connectivity index (χ0) is 60.7. The Kier molecular flexibility index (Phi) is 9.43. The van der Waals surface area contributed by atoms with Crippen molar-refractivity contribution < 1.29 is 21.6 Å². The number of fused-ring (bicyclic) bond motifs is 1. The topological polar surface area (TPSA) is 50.9 Å². The van der Waals surface area contributed by atoms with E-state index >= 15 is 0 Å². The van der Waals surface area contributed by atoms with Gasteiger partial charge in [0, 0.05) is 33.8 Å². The highest BCUT2D eigenvalue weighted by Gasteiger charge is 2.26. The van der Waals surface area contributed by atoms with Crippen molar-refractivity contribution in [3.8, 4) is 78.6 Å². The summed E-state index contributed by atoms with van der Waals surface area (Å²) < 4.78 is 104. The van der Waals surface area contributed by atoms with Crippen molar-refractivity contribution in [1.82, 2.24) is 14.5 Å². The summed E-state index contributed by atoms with van der Waals surface area (Å²) in [6.07, 6.45) is 1.64. The molecule has 4 heteroatoms. The molecular weight excluding hydrogens is 863 g/mol. The fraction of sp³-hybridized carbons (Fsp3) is 0.284. The molecule has 71 heavy (non-hydrogen) atoms. The van der Waals surface area contributed by atoms with E-state index < -0.39 is 32.8 Å². The van der Waals surface area contributed by atoms with E-state index in [0.717, 1.165) is 61.2 Å². The first-order valence-electron chi connectivity index (χ1n) is 30.5. The maximum Gasteiger partial charge on any atom is 0.149 e. The molecule has 9 aromatic rings. The molecular formula is C67H71N3O. The second-order valence-corrected chi connectivity index (χ2v) is 21.7. The normalized spacial score (nSPS) is 15.6. The van der Waals surface area contributed by atoms with Gasteiger partial charge in [-0.1, -0.05) is 187 Å². The number of aromatic hydroxyl groups is 1. The standard InChI is InChI=1S/C67H71N3O/c1-41(2)48-37-57(42(3)4)63(71)58(38-48)64-69-62-56(21-18-22-61(62)70(64)60-28-25-46(31-43(60)5)50-35-54(66(9,10)11)40-55(36-50)67(12,13)14)51-32-49(44-19-16-15-17-20-44)33-52(34-51)59-39-47(29-30-68-59)45-23-26-53(27-24-45)65(6,7)8/h15-42,71H,1-14H3/i5D3,6D3,7D3,8D3. The van der Waals surface area contributed by atoms with Crippen LogP contribution in [0, 0.1) is 6.85 Å². The number of hydrogen-bond acceptors (Lipinski definition) is 3. The Hall–Kier alpha value is -7.04. The highest BCUT2D eigenvalue weighted by atomic mass is 16.3. The smallest absolute Gasteiger partial charge is 0.149 e. The van der Waals surface area contributed by atoms with Gasteiger partial charge in [0.25, 0.3) is 0 Å². The van der Waals surface area contributed by atoms with Gasteiger partial charge in [-0.05, 0) is 162 Å². The largest absolute Gasteiger partial charge is 0.507 e. The van der Waals surface area contributed by atoms with E-state index in [1.165, 1.54) is 24.3 Å². The van der Waals surface area contributed by atoms with Gasteiger partial charge in [0.05, 0.1) is 28.0 Å². The molecule has 0 bridgehead atoms. The summed E-state index contributed by atoms with van der Waals surface area (Å²) in [5.74, 6) is 0.442. The predicted octanol–water partition coefficient (Wildman–Crippen LogP) is 18.6. The zero-order valence-corrected chi connectivity index (χ0v) is 42.5. The summed E-state index contributed by atoms with van der Waals surface area (Å²) in [6, 6.07) is 47.3. The van der Waals surface area contributed by atoms with E-state index in [4.69, 9.17) is 22.3 Å². The number of phenols is 1. The number of phenolic OH excluding ortho intramolecular Hbond substituents is 1. The Balaban J connectivity index is 1.28. The van der Waals surface area contributed by atoms with Crippen LogP contribution in [0.3, 0.4) is 0 Å². The molecule has 9 rings (SSSR count). The SMILES string of the molecule is [2H]C([2H])([2H])c1cc(-c2cc(C(C)(C)C)cc(C(C)(C)C)c2)ccc1-n1c(-c2cc(C(C)C)cc(C(C)C)c2O)nc2c(-c3cc(-c4ccccc4)cc(-c4cc(-c5ccc(C(C([2H])([2H])[2H])(C([2H])([2H])[2H])C([2H])([2H])[2H])cc5)ccn4)c3)cccc21. The van der Waals surface area contributed by atoms with Gasteiger partial charge in [-0.25, -0.2) is 4.98 Å². The number of imidazole rings is 1. The van der Waals surface area contributed by atoms with E-state index in [0.29, 0.717) is 44.9 Å². The quantitative estimate of drug-likeness (QED) is 0.157. The number of hydrogen-bond donors (Lipinski definition) is 1. The molecule has 0 spiro atoms. The van der Waals surface area contributed by atoms with E-state index in [2.05, 4.69) is 79.7 Å². The molecule has 0 aliphatic heterocycles. The van der Waals surface area contributed by atoms with Crippen LogP contribution in [0.4, 0.5) is 0 Å². The predicted molar refractivity (Wildman–Crippen MR) is 302 cm³/mol. The van der Waals surface area contributed by atoms with Crippen LogP contribution in [0.25, 0.3) is 83.9 Å². The summed E-state index contributed by atoms with van der Waals surface area (Å²) >= 11 is 0. The van der Waals surface area contributed by atoms with Crippen LogP contribution in [0.15, 0.2) is 158 Å². The molecule has 0 aliphatic carbocycles. The van der Waals surface area contributed by atoms with Crippen LogP contribution in [0.2, 0.25) is 0 Å². The number of benzene rings is 7. The van der Waals surface area contributed by atoms with Crippen LogP contribution in [0.5, 0.6) is 5.75 Å². The zero-order valence-electron chi connectivity index (χ0n) is 54.5. The van der Waals surface area contributed by atoms with Crippen LogP contribution >= 0.6 is 0 Å². The lowest BCUT2D eigenvalue weighted by Crippen LogP contribution is -2.16. The summed E-state index contributed by atoms with van der Waals surface area (Å²) in [4.78, 5) is 10.3. The van der Waals surface area contributed by atoms with E-state index in [1.54, 1.807) is 18.3 Å². The van der Waals surface area contributed by atoms with Crippen LogP contribution in [-0.4, -0.2) is 19.6 Å². The third-order valence-electron chi connectivity index (χ3n) is 13.7. The van der Waals surface area contributed by atoms with E-state index in [1.807, 2.05) is 109 Å². The van der Waals surface area contributed by atoms with E-state index in [9.17, 15) is 9.22 Å². The van der Waals surface area contributed by atoms with Gasteiger partial charge in [-0.2, -0.15) is 0 Å². The molecule has 0 unspecified atom stereocenters. The Morgan fingerprint density at radius 3 is 1.79 bits per heavy atom. The monoisotopic (exact) mass is 946 g/mol. The van der Waals surface area contributed by atoms with Gasteiger partial charge < -0.3 is 5.11 Å². The second kappa shape index (κ2) is 18.6. The maximum absolute atomic E-state index is 12.4. The lowest BCUT2D eigenvalue weighted by atomic mass is 9.79. The fourth-order valence-corrected chi connectivity index (χ4v) is 9.36. The third-order valence-corrected chi connectivity index (χ3v) is 13.7. The number of pyridine rings is 1. The lowest BCUT2D eigenvalue weighted by molar-refractivity contribution is 0.466. The van der Waals surface area contributed by atoms with Gasteiger partial charge in [-0.15, -0.1) is 0 Å². The fourth-order valence-electron chi connectivity index (χ4n) is 9.36. The Labute approximate surface area is 440 Å². The summed E-state index contributed by atoms with van der Waals surface area (Å²) in [7, 11) is 0. The molecule has 2 heterocycles. The minimum Gasteiger partial charge on any atom is -0.507 e. The molecule has 7 aromatic carbocycles. The van der Waals surface area contributed by atoms with Crippen molar-refractivity contribution in [3.63, 3.8) is 0 Å². The number of aryl methyl sites for hydroxylation is 1. The van der Waals surface area contributed by atoms with Crippen molar-refractivity contribution in [2.75, 3.05) is 0 Å². The summed E-state index contributed by atoms with van der Waals surface area (Å²) in [5.41, 5.74) is 9.70. The summed E-state index contributed by atoms with van der Waals surface area (Å²) in [5, 5.41) is 12.4. The van der Waals surface area contributed by atoms with Gasteiger partial charge in [0.15, 0.2) is 0 Å². The molecule has 4 nitrogen and oxygen atoms in total. The Morgan fingerprint density at radius 1 is 0.507 bits per heavy atom. The van der Waals surface area contributed by atoms with Crippen LogP contribution < -0.4 is 0 Å². The van der Waals surface area contributed by atoms with Crippen LogP contribution in [-0.2, 0) is 16.2 Å². The number of rotatable bonds is 9. The first-order valence-corrected chi connectivity index (χ1v) is 24.5. The molecule has 0 fully saturated rings. The molecule has 0 aliphatic rings. The van der Waals surface area contributed by atoms with Gasteiger partial charge in [-0.3, -0.25) is 9.55 Å². The third kappa shape index (κ3) is 9.87. The first kappa shape index (κ1) is 36.0. The van der Waals surface area contributed by atoms with Crippen molar-refractivity contribution in [2.24, 2.45) is 0 Å². The summed E-state index contributed by atoms with van der Waals surface area (Å²) in [6.45, 7) is 8.52. The second-order valence-electron chi connectivity index (χ2n) is 21.7. The average Bonchev–Trinajstić information content (AvgIpc) is 1.47. The number of nitrogens with zero attached hydrogens (tertiary/aromatic N) is 3. The van der Waals surface area contributed by atoms with E-state index in [-0.39, 0.29) is 39.5 Å². The van der Waals surface area contributed by atoms with Gasteiger partial charge in [0.2, 0.25) is 0 Å². The van der Waals surface area contributed by atoms with Crippen molar-refractivity contribution in [1.29, 1.82) is 0 Å². The minimum absolute atomic E-state index is 0.0587. The molecule has 360 valence electrons. The highest BCUT2D eigenvalue weighted by Crippen LogP contribution is 2.44. The molecule has 0 radical (unpaired) electrons.